The predicted octanol–water partition coefficient (Wildman–Crippen LogP) is -0.905. The number of amides is 5. The van der Waals surface area contributed by atoms with Crippen LogP contribution in [0, 0.1) is 0 Å². The summed E-state index contributed by atoms with van der Waals surface area (Å²) < 4.78 is 0. The van der Waals surface area contributed by atoms with Gasteiger partial charge in [0.05, 0.1) is 6.42 Å². The second-order valence-electron chi connectivity index (χ2n) is 6.43. The van der Waals surface area contributed by atoms with Gasteiger partial charge in [-0.1, -0.05) is 0 Å². The summed E-state index contributed by atoms with van der Waals surface area (Å²) in [7, 11) is 4.05. The first-order chi connectivity index (χ1) is 11.4. The zero-order valence-electron chi connectivity index (χ0n) is 15.2. The topological polar surface area (TPSA) is 127 Å². The molecule has 1 saturated heterocycles. The summed E-state index contributed by atoms with van der Waals surface area (Å²) >= 11 is 0. The van der Waals surface area contributed by atoms with Gasteiger partial charge in [-0.25, -0.2) is 9.69 Å². The average Bonchev–Trinajstić information content (AvgIpc) is 2.70. The Morgan fingerprint density at radius 3 is 2.16 bits per heavy atom. The maximum atomic E-state index is 12.7. The van der Waals surface area contributed by atoms with Gasteiger partial charge in [-0.05, 0) is 20.8 Å². The molecule has 0 aromatic carbocycles. The highest BCUT2D eigenvalue weighted by atomic mass is 16.4. The van der Waals surface area contributed by atoms with Crippen LogP contribution in [0.25, 0.3) is 0 Å². The first-order valence-corrected chi connectivity index (χ1v) is 7.69. The number of likely N-dealkylation sites (N-methyl/N-ethyl adjacent to an activating group) is 3. The van der Waals surface area contributed by atoms with Gasteiger partial charge in [0, 0.05) is 21.1 Å². The van der Waals surface area contributed by atoms with Crippen molar-refractivity contribution in [3.05, 3.63) is 0 Å². The Labute approximate surface area is 145 Å². The molecule has 0 aliphatic carbocycles. The van der Waals surface area contributed by atoms with Gasteiger partial charge in [0.1, 0.15) is 17.6 Å². The fourth-order valence-electron chi connectivity index (χ4n) is 2.56. The molecular weight excluding hydrogens is 332 g/mol. The van der Waals surface area contributed by atoms with Crippen LogP contribution in [-0.2, 0) is 19.2 Å². The van der Waals surface area contributed by atoms with E-state index in [4.69, 9.17) is 5.11 Å². The van der Waals surface area contributed by atoms with E-state index < -0.39 is 53.8 Å². The molecule has 25 heavy (non-hydrogen) atoms. The van der Waals surface area contributed by atoms with Gasteiger partial charge in [0.25, 0.3) is 5.91 Å². The van der Waals surface area contributed by atoms with Crippen LogP contribution in [0.3, 0.4) is 0 Å². The first kappa shape index (κ1) is 20.4. The zero-order chi connectivity index (χ0) is 19.7. The largest absolute Gasteiger partial charge is 0.481 e. The molecule has 0 aromatic rings. The molecule has 0 spiro atoms. The molecule has 10 nitrogen and oxygen atoms in total. The van der Waals surface area contributed by atoms with Crippen LogP contribution in [-0.4, -0.2) is 88.3 Å². The van der Waals surface area contributed by atoms with Crippen molar-refractivity contribution in [2.24, 2.45) is 0 Å². The lowest BCUT2D eigenvalue weighted by Gasteiger charge is -2.30. The second-order valence-corrected chi connectivity index (χ2v) is 6.43. The third-order valence-corrected chi connectivity index (χ3v) is 4.55. The van der Waals surface area contributed by atoms with Crippen molar-refractivity contribution >= 4 is 29.7 Å². The van der Waals surface area contributed by atoms with Gasteiger partial charge >= 0.3 is 12.0 Å². The smallest absolute Gasteiger partial charge is 0.328 e. The summed E-state index contributed by atoms with van der Waals surface area (Å²) in [5.41, 5.74) is -1.09. The SMILES string of the molecule is CNC(=O)C(CC(=O)O)N(C)C(=O)C(C)N1C(=O)N(C)C(C)(C)C1=O. The van der Waals surface area contributed by atoms with E-state index in [1.165, 1.54) is 33.0 Å². The Bertz CT molecular complexity index is 617. The lowest BCUT2D eigenvalue weighted by Crippen LogP contribution is -2.55. The highest BCUT2D eigenvalue weighted by Crippen LogP contribution is 2.28. The van der Waals surface area contributed by atoms with E-state index in [9.17, 15) is 24.0 Å². The van der Waals surface area contributed by atoms with E-state index in [2.05, 4.69) is 5.32 Å². The van der Waals surface area contributed by atoms with E-state index in [1.807, 2.05) is 0 Å². The van der Waals surface area contributed by atoms with Gasteiger partial charge in [-0.2, -0.15) is 0 Å². The van der Waals surface area contributed by atoms with Crippen molar-refractivity contribution < 1.29 is 29.1 Å². The number of nitrogens with zero attached hydrogens (tertiary/aromatic N) is 3. The van der Waals surface area contributed by atoms with Crippen molar-refractivity contribution in [2.75, 3.05) is 21.1 Å². The minimum atomic E-state index is -1.25. The van der Waals surface area contributed by atoms with Crippen LogP contribution in [0.5, 0.6) is 0 Å². The van der Waals surface area contributed by atoms with E-state index in [0.717, 1.165) is 9.80 Å². The number of imide groups is 1. The Hall–Kier alpha value is -2.65. The molecule has 1 aliphatic rings. The Morgan fingerprint density at radius 1 is 1.28 bits per heavy atom. The molecule has 10 heteroatoms. The van der Waals surface area contributed by atoms with Crippen molar-refractivity contribution in [2.45, 2.75) is 44.8 Å². The van der Waals surface area contributed by atoms with E-state index >= 15 is 0 Å². The molecule has 1 rings (SSSR count). The number of carboxylic acids is 1. The quantitative estimate of drug-likeness (QED) is 0.594. The number of carbonyl (C=O) groups excluding carboxylic acids is 4. The predicted molar refractivity (Wildman–Crippen MR) is 86.4 cm³/mol. The molecule has 140 valence electrons. The van der Waals surface area contributed by atoms with Gasteiger partial charge in [-0.3, -0.25) is 19.2 Å². The normalized spacial score (nSPS) is 18.8. The van der Waals surface area contributed by atoms with Crippen LogP contribution in [0.2, 0.25) is 0 Å². The monoisotopic (exact) mass is 356 g/mol. The van der Waals surface area contributed by atoms with Gasteiger partial charge in [0.15, 0.2) is 0 Å². The molecule has 0 radical (unpaired) electrons. The number of rotatable bonds is 6. The van der Waals surface area contributed by atoms with Crippen molar-refractivity contribution in [3.63, 3.8) is 0 Å². The van der Waals surface area contributed by atoms with Crippen LogP contribution < -0.4 is 5.32 Å². The maximum Gasteiger partial charge on any atom is 0.328 e. The number of urea groups is 1. The van der Waals surface area contributed by atoms with Crippen LogP contribution >= 0.6 is 0 Å². The number of carboxylic acid groups (broad SMARTS) is 1. The second kappa shape index (κ2) is 7.08. The summed E-state index contributed by atoms with van der Waals surface area (Å²) in [5.74, 6) is -3.15. The van der Waals surface area contributed by atoms with E-state index in [0.29, 0.717) is 0 Å². The molecular formula is C15H24N4O6. The third-order valence-electron chi connectivity index (χ3n) is 4.55. The molecule has 5 amide bonds. The number of hydrogen-bond acceptors (Lipinski definition) is 5. The summed E-state index contributed by atoms with van der Waals surface area (Å²) in [6.45, 7) is 4.49. The van der Waals surface area contributed by atoms with Gasteiger partial charge < -0.3 is 20.2 Å². The summed E-state index contributed by atoms with van der Waals surface area (Å²) in [4.78, 5) is 63.3. The molecule has 2 N–H and O–H groups in total. The molecule has 0 aromatic heterocycles. The number of nitrogens with one attached hydrogen (secondary N) is 1. The minimum absolute atomic E-state index is 0.538. The molecule has 1 fully saturated rings. The van der Waals surface area contributed by atoms with Crippen LogP contribution in [0.15, 0.2) is 0 Å². The number of hydrogen-bond donors (Lipinski definition) is 2. The summed E-state index contributed by atoms with van der Waals surface area (Å²) in [6, 6.07) is -3.05. The molecule has 0 saturated carbocycles. The molecule has 2 atom stereocenters. The Balaban J connectivity index is 3.08. The van der Waals surface area contributed by atoms with Crippen molar-refractivity contribution in [1.82, 2.24) is 20.0 Å². The third kappa shape index (κ3) is 3.57. The van der Waals surface area contributed by atoms with Gasteiger partial charge in [0.2, 0.25) is 11.8 Å². The van der Waals surface area contributed by atoms with Crippen molar-refractivity contribution in [1.29, 1.82) is 0 Å². The minimum Gasteiger partial charge on any atom is -0.481 e. The zero-order valence-corrected chi connectivity index (χ0v) is 15.2. The van der Waals surface area contributed by atoms with Crippen LogP contribution in [0.1, 0.15) is 27.2 Å². The standard InChI is InChI=1S/C15H24N4O6/c1-8(19-13(24)15(2,3)18(6)14(19)25)12(23)17(5)9(7-10(20)21)11(22)16-4/h8-9H,7H2,1-6H3,(H,16,22)(H,20,21). The highest BCUT2D eigenvalue weighted by molar-refractivity contribution is 6.09. The fourth-order valence-corrected chi connectivity index (χ4v) is 2.56. The van der Waals surface area contributed by atoms with E-state index in [-0.39, 0.29) is 0 Å². The lowest BCUT2D eigenvalue weighted by molar-refractivity contribution is -0.149. The van der Waals surface area contributed by atoms with Crippen molar-refractivity contribution in [3.8, 4) is 0 Å². The first-order valence-electron chi connectivity index (χ1n) is 7.69. The molecule has 2 unspecified atom stereocenters. The average molecular weight is 356 g/mol. The lowest BCUT2D eigenvalue weighted by atomic mass is 10.0. The Kier molecular flexibility index (Phi) is 5.77. The molecule has 0 bridgehead atoms. The summed E-state index contributed by atoms with van der Waals surface area (Å²) in [6.07, 6.45) is -0.595. The number of carbonyl (C=O) groups is 5. The van der Waals surface area contributed by atoms with Crippen LogP contribution in [0.4, 0.5) is 4.79 Å². The van der Waals surface area contributed by atoms with Gasteiger partial charge in [-0.15, -0.1) is 0 Å². The van der Waals surface area contributed by atoms with E-state index in [1.54, 1.807) is 13.8 Å². The Morgan fingerprint density at radius 2 is 1.80 bits per heavy atom. The fraction of sp³-hybridized carbons (Fsp3) is 0.667. The maximum absolute atomic E-state index is 12.7. The molecule has 1 aliphatic heterocycles. The number of aliphatic carboxylic acids is 1. The molecule has 1 heterocycles. The summed E-state index contributed by atoms with van der Waals surface area (Å²) in [5, 5.41) is 11.3. The highest BCUT2D eigenvalue weighted by Gasteiger charge is 2.52.